The summed E-state index contributed by atoms with van der Waals surface area (Å²) in [5.41, 5.74) is 10.1. The van der Waals surface area contributed by atoms with Crippen molar-refractivity contribution >= 4 is 28.4 Å². The molecule has 0 radical (unpaired) electrons. The maximum absolute atomic E-state index is 13.6. The Morgan fingerprint density at radius 2 is 1.71 bits per heavy atom. The lowest BCUT2D eigenvalue weighted by molar-refractivity contribution is -0.126. The minimum absolute atomic E-state index is 0.0118. The molecule has 0 bridgehead atoms. The number of fused-ring (bicyclic) bond motifs is 1. The molecule has 1 aromatic heterocycles. The third-order valence-electron chi connectivity index (χ3n) is 7.11. The van der Waals surface area contributed by atoms with Gasteiger partial charge in [0.25, 0.3) is 0 Å². The summed E-state index contributed by atoms with van der Waals surface area (Å²) in [5.74, 6) is -0.183. The van der Waals surface area contributed by atoms with Crippen LogP contribution in [-0.4, -0.2) is 35.2 Å². The molecule has 1 aliphatic rings. The van der Waals surface area contributed by atoms with E-state index in [0.29, 0.717) is 25.3 Å². The Kier molecular flexibility index (Phi) is 7.77. The lowest BCUT2D eigenvalue weighted by Gasteiger charge is -2.25. The average molecular weight is 519 g/mol. The van der Waals surface area contributed by atoms with Gasteiger partial charge in [-0.15, -0.1) is 0 Å². The fourth-order valence-electron chi connectivity index (χ4n) is 5.01. The predicted octanol–water partition coefficient (Wildman–Crippen LogP) is 4.97. The number of aliphatic imine (C=N–C) groups is 1. The van der Waals surface area contributed by atoms with Crippen molar-refractivity contribution in [2.45, 2.75) is 66.8 Å². The summed E-state index contributed by atoms with van der Waals surface area (Å²) >= 11 is 0. The van der Waals surface area contributed by atoms with E-state index in [-0.39, 0.29) is 29.3 Å². The number of carbonyl (C=O) groups excluding carboxylic acids is 2. The largest absolute Gasteiger partial charge is 0.369 e. The van der Waals surface area contributed by atoms with Crippen molar-refractivity contribution in [3.8, 4) is 0 Å². The Morgan fingerprint density at radius 3 is 2.32 bits per heavy atom. The highest BCUT2D eigenvalue weighted by Gasteiger charge is 2.31. The second kappa shape index (κ2) is 10.7. The van der Waals surface area contributed by atoms with Crippen LogP contribution < -0.4 is 11.1 Å². The third kappa shape index (κ3) is 6.32. The first kappa shape index (κ1) is 27.6. The van der Waals surface area contributed by atoms with Gasteiger partial charge in [0.1, 0.15) is 5.82 Å². The molecule has 0 aliphatic carbocycles. The molecule has 4 rings (SSSR count). The number of nitrogens with two attached hydrogens (primary N) is 1. The number of hydrogen-bond acceptors (Lipinski definition) is 4. The van der Waals surface area contributed by atoms with E-state index >= 15 is 0 Å². The van der Waals surface area contributed by atoms with Crippen LogP contribution in [0.4, 0.5) is 4.39 Å². The number of benzene rings is 2. The van der Waals surface area contributed by atoms with Crippen LogP contribution in [0, 0.1) is 16.6 Å². The molecule has 0 spiro atoms. The Bertz CT molecular complexity index is 1380. The maximum Gasteiger partial charge on any atom is 0.223 e. The monoisotopic (exact) mass is 518 g/mol. The van der Waals surface area contributed by atoms with Crippen molar-refractivity contribution in [1.29, 1.82) is 0 Å². The second-order valence-electron chi connectivity index (χ2n) is 12.3. The number of carbonyl (C=O) groups is 2. The van der Waals surface area contributed by atoms with Gasteiger partial charge in [-0.25, -0.2) is 4.39 Å². The number of rotatable bonds is 9. The Labute approximate surface area is 224 Å². The standard InChI is InChI=1S/C31H39FN4O2/c1-30(2,3)17-24-23-15-21(16-27(37)28-34-13-6-14-35-28)9-12-25(23)36(19-20-7-10-22(32)11-8-20)26(24)18-31(4,5)29(33)38/h7-12,15H,6,13-14,16-19H2,1-5H3,(H2,33,38)(H,34,35). The SMILES string of the molecule is CC(C)(C)Cc1c(CC(C)(C)C(N)=O)n(Cc2ccc(F)cc2)c2ccc(CC(=O)C3=NCCCN3)cc12. The number of Topliss-reactive ketones (excluding diaryl/α,β-unsaturated/α-hetero) is 1. The Balaban J connectivity index is 1.86. The van der Waals surface area contributed by atoms with Gasteiger partial charge in [-0.3, -0.25) is 14.6 Å². The highest BCUT2D eigenvalue weighted by Crippen LogP contribution is 2.36. The average Bonchev–Trinajstić information content (AvgIpc) is 3.10. The summed E-state index contributed by atoms with van der Waals surface area (Å²) < 4.78 is 15.9. The van der Waals surface area contributed by atoms with E-state index < -0.39 is 5.41 Å². The third-order valence-corrected chi connectivity index (χ3v) is 7.11. The van der Waals surface area contributed by atoms with Crippen LogP contribution in [-0.2, 0) is 35.4 Å². The molecule has 7 heteroatoms. The molecule has 0 fully saturated rings. The van der Waals surface area contributed by atoms with Crippen LogP contribution in [0.15, 0.2) is 47.5 Å². The molecule has 1 aliphatic heterocycles. The smallest absolute Gasteiger partial charge is 0.223 e. The number of amidine groups is 1. The molecule has 1 amide bonds. The molecule has 6 nitrogen and oxygen atoms in total. The van der Waals surface area contributed by atoms with E-state index in [1.807, 2.05) is 19.9 Å². The molecule has 0 saturated carbocycles. The van der Waals surface area contributed by atoms with Crippen LogP contribution in [0.25, 0.3) is 10.9 Å². The zero-order chi connectivity index (χ0) is 27.7. The molecular formula is C31H39FN4O2. The minimum atomic E-state index is -0.759. The molecular weight excluding hydrogens is 479 g/mol. The summed E-state index contributed by atoms with van der Waals surface area (Å²) in [5, 5.41) is 4.20. The fraction of sp³-hybridized carbons (Fsp3) is 0.452. The van der Waals surface area contributed by atoms with Crippen LogP contribution in [0.5, 0.6) is 0 Å². The molecule has 2 aromatic carbocycles. The highest BCUT2D eigenvalue weighted by molar-refractivity contribution is 6.39. The number of nitrogens with zero attached hydrogens (tertiary/aromatic N) is 2. The van der Waals surface area contributed by atoms with Gasteiger partial charge in [0, 0.05) is 54.5 Å². The molecule has 2 heterocycles. The van der Waals surface area contributed by atoms with Crippen molar-refractivity contribution in [1.82, 2.24) is 9.88 Å². The van der Waals surface area contributed by atoms with Gasteiger partial charge in [-0.1, -0.05) is 52.8 Å². The van der Waals surface area contributed by atoms with E-state index in [4.69, 9.17) is 5.73 Å². The van der Waals surface area contributed by atoms with Crippen LogP contribution in [0.3, 0.4) is 0 Å². The summed E-state index contributed by atoms with van der Waals surface area (Å²) in [7, 11) is 0. The van der Waals surface area contributed by atoms with Crippen molar-refractivity contribution in [2.75, 3.05) is 13.1 Å². The molecule has 0 saturated heterocycles. The van der Waals surface area contributed by atoms with Gasteiger partial charge >= 0.3 is 0 Å². The van der Waals surface area contributed by atoms with Crippen molar-refractivity contribution in [3.63, 3.8) is 0 Å². The number of halogens is 1. The zero-order valence-electron chi connectivity index (χ0n) is 23.2. The lowest BCUT2D eigenvalue weighted by atomic mass is 9.82. The zero-order valence-corrected chi connectivity index (χ0v) is 23.2. The summed E-state index contributed by atoms with van der Waals surface area (Å²) in [6.07, 6.45) is 2.46. The molecule has 38 heavy (non-hydrogen) atoms. The van der Waals surface area contributed by atoms with E-state index in [1.54, 1.807) is 12.1 Å². The van der Waals surface area contributed by atoms with Crippen molar-refractivity contribution < 1.29 is 14.0 Å². The van der Waals surface area contributed by atoms with Crippen LogP contribution in [0.1, 0.15) is 63.4 Å². The van der Waals surface area contributed by atoms with Gasteiger partial charge in [0.05, 0.1) is 0 Å². The number of aromatic nitrogens is 1. The Hall–Kier alpha value is -3.48. The van der Waals surface area contributed by atoms with Gasteiger partial charge in [-0.05, 0) is 59.2 Å². The van der Waals surface area contributed by atoms with E-state index in [9.17, 15) is 14.0 Å². The minimum Gasteiger partial charge on any atom is -0.369 e. The number of primary amides is 1. The fourth-order valence-corrected chi connectivity index (χ4v) is 5.01. The lowest BCUT2D eigenvalue weighted by Crippen LogP contribution is -2.36. The summed E-state index contributed by atoms with van der Waals surface area (Å²) in [6, 6.07) is 12.7. The normalized spacial score (nSPS) is 14.3. The molecule has 3 aromatic rings. The number of amides is 1. The Morgan fingerprint density at radius 1 is 1.03 bits per heavy atom. The molecule has 0 unspecified atom stereocenters. The first-order chi connectivity index (χ1) is 17.8. The number of nitrogens with one attached hydrogen (secondary N) is 1. The first-order valence-corrected chi connectivity index (χ1v) is 13.3. The van der Waals surface area contributed by atoms with Crippen LogP contribution in [0.2, 0.25) is 0 Å². The van der Waals surface area contributed by atoms with E-state index in [2.05, 4.69) is 47.8 Å². The second-order valence-corrected chi connectivity index (χ2v) is 12.3. The predicted molar refractivity (Wildman–Crippen MR) is 151 cm³/mol. The molecule has 202 valence electrons. The van der Waals surface area contributed by atoms with Crippen molar-refractivity contribution in [3.05, 3.63) is 70.7 Å². The molecule has 0 atom stereocenters. The quantitative estimate of drug-likeness (QED) is 0.419. The topological polar surface area (TPSA) is 89.5 Å². The van der Waals surface area contributed by atoms with Gasteiger partial charge in [0.15, 0.2) is 5.84 Å². The first-order valence-electron chi connectivity index (χ1n) is 13.3. The highest BCUT2D eigenvalue weighted by atomic mass is 19.1. The number of hydrogen-bond donors (Lipinski definition) is 2. The maximum atomic E-state index is 13.6. The number of ketones is 1. The van der Waals surface area contributed by atoms with Gasteiger partial charge in [0.2, 0.25) is 11.7 Å². The van der Waals surface area contributed by atoms with Gasteiger partial charge in [-0.2, -0.15) is 0 Å². The summed E-state index contributed by atoms with van der Waals surface area (Å²) in [4.78, 5) is 29.7. The summed E-state index contributed by atoms with van der Waals surface area (Å²) in [6.45, 7) is 12.3. The van der Waals surface area contributed by atoms with Gasteiger partial charge < -0.3 is 15.6 Å². The molecule has 3 N–H and O–H groups in total. The van der Waals surface area contributed by atoms with E-state index in [1.165, 1.54) is 12.1 Å². The van der Waals surface area contributed by atoms with Crippen LogP contribution >= 0.6 is 0 Å². The van der Waals surface area contributed by atoms with Crippen molar-refractivity contribution in [2.24, 2.45) is 21.6 Å². The van der Waals surface area contributed by atoms with E-state index in [0.717, 1.165) is 52.7 Å².